The Morgan fingerprint density at radius 2 is 1.89 bits per heavy atom. The Bertz CT molecular complexity index is 626. The van der Waals surface area contributed by atoms with Crippen LogP contribution < -0.4 is 0 Å². The molecule has 0 aliphatic rings. The number of aromatic nitrogens is 1. The Morgan fingerprint density at radius 1 is 1.21 bits per heavy atom. The third-order valence-electron chi connectivity index (χ3n) is 2.61. The number of pyridine rings is 1. The summed E-state index contributed by atoms with van der Waals surface area (Å²) in [6, 6.07) is 7.84. The highest BCUT2D eigenvalue weighted by atomic mass is 16.6. The lowest BCUT2D eigenvalue weighted by molar-refractivity contribution is -0.385. The Balaban J connectivity index is 2.54. The Kier molecular flexibility index (Phi) is 3.51. The van der Waals surface area contributed by atoms with Gasteiger partial charge in [0, 0.05) is 18.5 Å². The van der Waals surface area contributed by atoms with Gasteiger partial charge in [0.25, 0.3) is 5.69 Å². The molecule has 0 radical (unpaired) electrons. The number of carbonyl (C=O) groups is 1. The highest BCUT2D eigenvalue weighted by Gasteiger charge is 2.21. The van der Waals surface area contributed by atoms with Crippen molar-refractivity contribution in [3.8, 4) is 11.1 Å². The molecule has 1 heterocycles. The second kappa shape index (κ2) is 5.26. The van der Waals surface area contributed by atoms with E-state index in [-0.39, 0.29) is 11.3 Å². The van der Waals surface area contributed by atoms with Crippen LogP contribution in [-0.4, -0.2) is 23.0 Å². The highest BCUT2D eigenvalue weighted by molar-refractivity contribution is 5.94. The summed E-state index contributed by atoms with van der Waals surface area (Å²) in [5, 5.41) is 11.0. The number of methoxy groups -OCH3 is 1. The molecule has 0 unspecified atom stereocenters. The maximum atomic E-state index is 11.4. The van der Waals surface area contributed by atoms with Gasteiger partial charge in [-0.1, -0.05) is 6.07 Å². The molecule has 0 N–H and O–H groups in total. The predicted molar refractivity (Wildman–Crippen MR) is 67.7 cm³/mol. The lowest BCUT2D eigenvalue weighted by Gasteiger charge is -2.04. The molecular formula is C13H10N2O4. The normalized spacial score (nSPS) is 9.95. The van der Waals surface area contributed by atoms with Crippen molar-refractivity contribution < 1.29 is 14.5 Å². The molecule has 2 aromatic rings. The first kappa shape index (κ1) is 12.7. The van der Waals surface area contributed by atoms with E-state index in [9.17, 15) is 14.9 Å². The predicted octanol–water partition coefficient (Wildman–Crippen LogP) is 2.44. The number of ether oxygens (including phenoxy) is 1. The van der Waals surface area contributed by atoms with E-state index in [1.54, 1.807) is 30.6 Å². The van der Waals surface area contributed by atoms with Crippen molar-refractivity contribution in [1.82, 2.24) is 4.98 Å². The Hall–Kier alpha value is -2.76. The first-order valence-corrected chi connectivity index (χ1v) is 5.40. The molecule has 1 aromatic carbocycles. The largest absolute Gasteiger partial charge is 0.465 e. The molecule has 0 bridgehead atoms. The summed E-state index contributed by atoms with van der Waals surface area (Å²) in [5.74, 6) is -0.729. The van der Waals surface area contributed by atoms with E-state index in [1.165, 1.54) is 19.2 Å². The molecule has 0 saturated carbocycles. The second-order valence-corrected chi connectivity index (χ2v) is 3.72. The van der Waals surface area contributed by atoms with Gasteiger partial charge in [-0.05, 0) is 29.3 Å². The minimum absolute atomic E-state index is 0.0645. The third kappa shape index (κ3) is 2.57. The first-order chi connectivity index (χ1) is 9.13. The van der Waals surface area contributed by atoms with E-state index in [0.717, 1.165) is 5.56 Å². The van der Waals surface area contributed by atoms with Crippen LogP contribution >= 0.6 is 0 Å². The van der Waals surface area contributed by atoms with Gasteiger partial charge in [-0.2, -0.15) is 0 Å². The number of esters is 1. The van der Waals surface area contributed by atoms with Crippen LogP contribution in [0.15, 0.2) is 42.7 Å². The number of benzene rings is 1. The number of nitro groups is 1. The fourth-order valence-corrected chi connectivity index (χ4v) is 1.69. The molecule has 6 heteroatoms. The average Bonchev–Trinajstić information content (AvgIpc) is 2.46. The van der Waals surface area contributed by atoms with Gasteiger partial charge in [-0.15, -0.1) is 0 Å². The van der Waals surface area contributed by atoms with E-state index < -0.39 is 10.9 Å². The molecule has 1 aromatic heterocycles. The quantitative estimate of drug-likeness (QED) is 0.479. The fraction of sp³-hybridized carbons (Fsp3) is 0.0769. The van der Waals surface area contributed by atoms with Crippen LogP contribution in [0.4, 0.5) is 5.69 Å². The molecule has 0 aliphatic carbocycles. The van der Waals surface area contributed by atoms with Gasteiger partial charge >= 0.3 is 5.97 Å². The third-order valence-corrected chi connectivity index (χ3v) is 2.61. The standard InChI is InChI=1S/C13H10N2O4/c1-19-13(16)11-3-2-10(8-12(11)15(17)18)9-4-6-14-7-5-9/h2-8H,1H3. The SMILES string of the molecule is COC(=O)c1ccc(-c2ccncc2)cc1[N+](=O)[O-]. The van der Waals surface area contributed by atoms with Crippen molar-refractivity contribution in [2.45, 2.75) is 0 Å². The zero-order valence-corrected chi connectivity index (χ0v) is 10.1. The molecule has 0 fully saturated rings. The summed E-state index contributed by atoms with van der Waals surface area (Å²) >= 11 is 0. The van der Waals surface area contributed by atoms with Crippen molar-refractivity contribution in [2.75, 3.05) is 7.11 Å². The van der Waals surface area contributed by atoms with E-state index in [1.807, 2.05) is 0 Å². The number of nitrogens with zero attached hydrogens (tertiary/aromatic N) is 2. The molecule has 0 spiro atoms. The van der Waals surface area contributed by atoms with Gasteiger partial charge < -0.3 is 4.74 Å². The van der Waals surface area contributed by atoms with Gasteiger partial charge in [0.15, 0.2) is 0 Å². The van der Waals surface area contributed by atoms with Gasteiger partial charge in [0.1, 0.15) is 5.56 Å². The number of carbonyl (C=O) groups excluding carboxylic acids is 1. The van der Waals surface area contributed by atoms with Crippen molar-refractivity contribution in [3.05, 3.63) is 58.4 Å². The van der Waals surface area contributed by atoms with Crippen LogP contribution in [0.3, 0.4) is 0 Å². The number of nitro benzene ring substituents is 1. The lowest BCUT2D eigenvalue weighted by atomic mass is 10.0. The molecule has 19 heavy (non-hydrogen) atoms. The van der Waals surface area contributed by atoms with E-state index in [0.29, 0.717) is 5.56 Å². The van der Waals surface area contributed by atoms with Gasteiger partial charge in [-0.3, -0.25) is 15.1 Å². The lowest BCUT2D eigenvalue weighted by Crippen LogP contribution is -2.05. The van der Waals surface area contributed by atoms with Crippen LogP contribution in [0.25, 0.3) is 11.1 Å². The highest BCUT2D eigenvalue weighted by Crippen LogP contribution is 2.27. The zero-order chi connectivity index (χ0) is 13.8. The second-order valence-electron chi connectivity index (χ2n) is 3.72. The van der Waals surface area contributed by atoms with Crippen molar-refractivity contribution >= 4 is 11.7 Å². The fourth-order valence-electron chi connectivity index (χ4n) is 1.69. The van der Waals surface area contributed by atoms with E-state index >= 15 is 0 Å². The zero-order valence-electron chi connectivity index (χ0n) is 10.1. The summed E-state index contributed by atoms with van der Waals surface area (Å²) < 4.78 is 4.52. The van der Waals surface area contributed by atoms with Crippen molar-refractivity contribution in [3.63, 3.8) is 0 Å². The van der Waals surface area contributed by atoms with Gasteiger partial charge in [-0.25, -0.2) is 4.79 Å². The number of hydrogen-bond acceptors (Lipinski definition) is 5. The molecule has 0 aliphatic heterocycles. The summed E-state index contributed by atoms with van der Waals surface area (Å²) in [6.07, 6.45) is 3.19. The van der Waals surface area contributed by atoms with Crippen molar-refractivity contribution in [2.24, 2.45) is 0 Å². The molecule has 0 amide bonds. The van der Waals surface area contributed by atoms with E-state index in [4.69, 9.17) is 0 Å². The van der Waals surface area contributed by atoms with Crippen LogP contribution in [0, 0.1) is 10.1 Å². The number of hydrogen-bond donors (Lipinski definition) is 0. The first-order valence-electron chi connectivity index (χ1n) is 5.40. The molecule has 0 atom stereocenters. The van der Waals surface area contributed by atoms with Crippen LogP contribution in [0.1, 0.15) is 10.4 Å². The minimum atomic E-state index is -0.729. The monoisotopic (exact) mass is 258 g/mol. The molecule has 2 rings (SSSR count). The average molecular weight is 258 g/mol. The smallest absolute Gasteiger partial charge is 0.344 e. The minimum Gasteiger partial charge on any atom is -0.465 e. The van der Waals surface area contributed by atoms with Crippen LogP contribution in [0.5, 0.6) is 0 Å². The Morgan fingerprint density at radius 3 is 2.47 bits per heavy atom. The van der Waals surface area contributed by atoms with Gasteiger partial charge in [0.2, 0.25) is 0 Å². The molecule has 0 saturated heterocycles. The van der Waals surface area contributed by atoms with Crippen molar-refractivity contribution in [1.29, 1.82) is 0 Å². The van der Waals surface area contributed by atoms with Crippen LogP contribution in [-0.2, 0) is 4.74 Å². The van der Waals surface area contributed by atoms with Gasteiger partial charge in [0.05, 0.1) is 12.0 Å². The Labute approximate surface area is 108 Å². The van der Waals surface area contributed by atoms with Crippen LogP contribution in [0.2, 0.25) is 0 Å². The molecule has 6 nitrogen and oxygen atoms in total. The summed E-state index contributed by atoms with van der Waals surface area (Å²) in [7, 11) is 1.18. The topological polar surface area (TPSA) is 82.3 Å². The van der Waals surface area contributed by atoms with E-state index in [2.05, 4.69) is 9.72 Å². The molecule has 96 valence electrons. The maximum Gasteiger partial charge on any atom is 0.344 e. The maximum absolute atomic E-state index is 11.4. The summed E-state index contributed by atoms with van der Waals surface area (Å²) in [4.78, 5) is 25.7. The summed E-state index contributed by atoms with van der Waals surface area (Å²) in [6.45, 7) is 0. The molecular weight excluding hydrogens is 248 g/mol. The number of rotatable bonds is 3. The summed E-state index contributed by atoms with van der Waals surface area (Å²) in [5.41, 5.74) is 1.09.